The van der Waals surface area contributed by atoms with E-state index in [4.69, 9.17) is 6.42 Å². The molecule has 1 aromatic carbocycles. The van der Waals surface area contributed by atoms with E-state index < -0.39 is 11.5 Å². The summed E-state index contributed by atoms with van der Waals surface area (Å²) in [5.74, 6) is 2.02. The third-order valence-corrected chi connectivity index (χ3v) is 2.59. The second-order valence-corrected chi connectivity index (χ2v) is 4.06. The average molecular weight is 252 g/mol. The van der Waals surface area contributed by atoms with Gasteiger partial charge in [0.1, 0.15) is 5.56 Å². The van der Waals surface area contributed by atoms with Crippen molar-refractivity contribution in [1.29, 1.82) is 0 Å². The summed E-state index contributed by atoms with van der Waals surface area (Å²) in [6, 6.07) is 10.0. The van der Waals surface area contributed by atoms with Crippen molar-refractivity contribution in [1.82, 2.24) is 4.98 Å². The molecular formula is C15H12N2O2. The lowest BCUT2D eigenvalue weighted by Crippen LogP contribution is -2.23. The van der Waals surface area contributed by atoms with Crippen LogP contribution >= 0.6 is 0 Å². The van der Waals surface area contributed by atoms with Crippen molar-refractivity contribution in [3.63, 3.8) is 0 Å². The lowest BCUT2D eigenvalue weighted by molar-refractivity contribution is 0.102. The number of hydrogen-bond acceptors (Lipinski definition) is 2. The van der Waals surface area contributed by atoms with E-state index >= 15 is 0 Å². The normalized spacial score (nSPS) is 9.68. The number of terminal acetylenes is 1. The zero-order valence-electron chi connectivity index (χ0n) is 10.4. The number of aryl methyl sites for hydroxylation is 1. The highest BCUT2D eigenvalue weighted by molar-refractivity contribution is 6.04. The van der Waals surface area contributed by atoms with Crippen LogP contribution < -0.4 is 10.9 Å². The van der Waals surface area contributed by atoms with Gasteiger partial charge in [0.15, 0.2) is 0 Å². The zero-order valence-corrected chi connectivity index (χ0v) is 10.4. The van der Waals surface area contributed by atoms with Crippen molar-refractivity contribution < 1.29 is 4.79 Å². The third-order valence-electron chi connectivity index (χ3n) is 2.59. The summed E-state index contributed by atoms with van der Waals surface area (Å²) in [5.41, 5.74) is 1.58. The summed E-state index contributed by atoms with van der Waals surface area (Å²) < 4.78 is 0. The lowest BCUT2D eigenvalue weighted by atomic mass is 10.2. The molecule has 0 atom stereocenters. The number of carbonyl (C=O) groups excluding carboxylic acids is 1. The largest absolute Gasteiger partial charge is 0.326 e. The van der Waals surface area contributed by atoms with Crippen LogP contribution in [0.4, 0.5) is 5.69 Å². The fraction of sp³-hybridized carbons (Fsp3) is 0.0667. The van der Waals surface area contributed by atoms with E-state index in [0.29, 0.717) is 16.9 Å². The second kappa shape index (κ2) is 5.23. The number of benzene rings is 1. The first-order valence-corrected chi connectivity index (χ1v) is 5.68. The minimum Gasteiger partial charge on any atom is -0.326 e. The van der Waals surface area contributed by atoms with Crippen molar-refractivity contribution in [2.45, 2.75) is 6.92 Å². The molecule has 1 heterocycles. The summed E-state index contributed by atoms with van der Waals surface area (Å²) in [6.07, 6.45) is 5.28. The predicted octanol–water partition coefficient (Wildman–Crippen LogP) is 1.92. The Bertz CT molecular complexity index is 723. The average Bonchev–Trinajstić information content (AvgIpc) is 2.38. The van der Waals surface area contributed by atoms with Crippen LogP contribution in [-0.4, -0.2) is 10.9 Å². The smallest absolute Gasteiger partial charge is 0.261 e. The molecule has 2 N–H and O–H groups in total. The molecule has 0 saturated carbocycles. The van der Waals surface area contributed by atoms with Crippen molar-refractivity contribution in [3.8, 4) is 12.3 Å². The Kier molecular flexibility index (Phi) is 3.48. The van der Waals surface area contributed by atoms with Crippen LogP contribution in [0, 0.1) is 19.3 Å². The molecule has 0 aliphatic heterocycles. The Morgan fingerprint density at radius 3 is 2.79 bits per heavy atom. The van der Waals surface area contributed by atoms with Crippen LogP contribution in [0.15, 0.2) is 41.2 Å². The Morgan fingerprint density at radius 1 is 1.32 bits per heavy atom. The highest BCUT2D eigenvalue weighted by atomic mass is 16.2. The van der Waals surface area contributed by atoms with Gasteiger partial charge in [-0.1, -0.05) is 12.0 Å². The van der Waals surface area contributed by atoms with Crippen LogP contribution in [0.2, 0.25) is 0 Å². The van der Waals surface area contributed by atoms with E-state index in [0.717, 1.165) is 0 Å². The minimum absolute atomic E-state index is 0.0664. The molecule has 0 bridgehead atoms. The number of amides is 1. The van der Waals surface area contributed by atoms with Gasteiger partial charge in [0, 0.05) is 16.9 Å². The number of carbonyl (C=O) groups is 1. The number of nitrogens with one attached hydrogen (secondary N) is 2. The molecule has 0 aliphatic carbocycles. The maximum atomic E-state index is 12.0. The molecule has 4 heteroatoms. The van der Waals surface area contributed by atoms with E-state index in [9.17, 15) is 9.59 Å². The number of aromatic nitrogens is 1. The van der Waals surface area contributed by atoms with Crippen LogP contribution in [0.3, 0.4) is 0 Å². The molecule has 0 aliphatic rings. The van der Waals surface area contributed by atoms with E-state index in [1.54, 1.807) is 37.3 Å². The van der Waals surface area contributed by atoms with E-state index in [-0.39, 0.29) is 5.56 Å². The number of anilines is 1. The maximum absolute atomic E-state index is 12.0. The molecule has 1 amide bonds. The fourth-order valence-electron chi connectivity index (χ4n) is 1.64. The highest BCUT2D eigenvalue weighted by Crippen LogP contribution is 2.10. The quantitative estimate of drug-likeness (QED) is 0.802. The molecule has 94 valence electrons. The summed E-state index contributed by atoms with van der Waals surface area (Å²) in [4.78, 5) is 26.2. The third kappa shape index (κ3) is 2.90. The second-order valence-electron chi connectivity index (χ2n) is 4.06. The molecule has 0 fully saturated rings. The molecule has 0 spiro atoms. The van der Waals surface area contributed by atoms with E-state index in [2.05, 4.69) is 16.2 Å². The summed E-state index contributed by atoms with van der Waals surface area (Å²) in [6.45, 7) is 1.75. The molecular weight excluding hydrogens is 240 g/mol. The van der Waals surface area contributed by atoms with Gasteiger partial charge >= 0.3 is 0 Å². The van der Waals surface area contributed by atoms with Crippen LogP contribution in [0.5, 0.6) is 0 Å². The van der Waals surface area contributed by atoms with Gasteiger partial charge in [-0.05, 0) is 37.3 Å². The van der Waals surface area contributed by atoms with Crippen molar-refractivity contribution in [2.75, 3.05) is 5.32 Å². The van der Waals surface area contributed by atoms with Gasteiger partial charge in [-0.3, -0.25) is 9.59 Å². The standard InChI is InChI=1S/C15H12N2O2/c1-3-11-5-4-6-12(9-11)17-15(19)13-8-7-10(2)16-14(13)18/h1,4-9H,2H3,(H,16,18)(H,17,19). The number of pyridine rings is 1. The highest BCUT2D eigenvalue weighted by Gasteiger charge is 2.10. The molecule has 19 heavy (non-hydrogen) atoms. The Labute approximate surface area is 110 Å². The van der Waals surface area contributed by atoms with Crippen LogP contribution in [-0.2, 0) is 0 Å². The van der Waals surface area contributed by atoms with Crippen molar-refractivity contribution >= 4 is 11.6 Å². The van der Waals surface area contributed by atoms with Gasteiger partial charge in [0.2, 0.25) is 0 Å². The summed E-state index contributed by atoms with van der Waals surface area (Å²) in [5, 5.41) is 2.64. The molecule has 1 aromatic heterocycles. The maximum Gasteiger partial charge on any atom is 0.261 e. The summed E-state index contributed by atoms with van der Waals surface area (Å²) >= 11 is 0. The Hall–Kier alpha value is -2.80. The van der Waals surface area contributed by atoms with Crippen molar-refractivity contribution in [2.24, 2.45) is 0 Å². The first-order chi connectivity index (χ1) is 9.10. The van der Waals surface area contributed by atoms with E-state index in [1.807, 2.05) is 0 Å². The first-order valence-electron chi connectivity index (χ1n) is 5.68. The van der Waals surface area contributed by atoms with Crippen molar-refractivity contribution in [3.05, 3.63) is 63.6 Å². The van der Waals surface area contributed by atoms with Gasteiger partial charge in [-0.15, -0.1) is 6.42 Å². The number of rotatable bonds is 2. The summed E-state index contributed by atoms with van der Waals surface area (Å²) in [7, 11) is 0. The van der Waals surface area contributed by atoms with Crippen LogP contribution in [0.1, 0.15) is 21.6 Å². The SMILES string of the molecule is C#Cc1cccc(NC(=O)c2ccc(C)[nH]c2=O)c1. The molecule has 0 radical (unpaired) electrons. The first kappa shape index (κ1) is 12.7. The van der Waals surface area contributed by atoms with Gasteiger partial charge in [-0.2, -0.15) is 0 Å². The molecule has 2 aromatic rings. The Balaban J connectivity index is 2.26. The number of aromatic amines is 1. The molecule has 0 saturated heterocycles. The number of H-pyrrole nitrogens is 1. The predicted molar refractivity (Wildman–Crippen MR) is 74.1 cm³/mol. The number of hydrogen-bond donors (Lipinski definition) is 2. The van der Waals surface area contributed by atoms with E-state index in [1.165, 1.54) is 6.07 Å². The van der Waals surface area contributed by atoms with Gasteiger partial charge in [0.25, 0.3) is 11.5 Å². The topological polar surface area (TPSA) is 62.0 Å². The molecule has 2 rings (SSSR count). The minimum atomic E-state index is -0.463. The van der Waals surface area contributed by atoms with Gasteiger partial charge < -0.3 is 10.3 Å². The molecule has 0 unspecified atom stereocenters. The Morgan fingerprint density at radius 2 is 2.11 bits per heavy atom. The lowest BCUT2D eigenvalue weighted by Gasteiger charge is -2.05. The fourth-order valence-corrected chi connectivity index (χ4v) is 1.64. The van der Waals surface area contributed by atoms with Gasteiger partial charge in [-0.25, -0.2) is 0 Å². The monoisotopic (exact) mass is 252 g/mol. The van der Waals surface area contributed by atoms with Crippen LogP contribution in [0.25, 0.3) is 0 Å². The molecule has 4 nitrogen and oxygen atoms in total. The van der Waals surface area contributed by atoms with Gasteiger partial charge in [0.05, 0.1) is 0 Å². The zero-order chi connectivity index (χ0) is 13.8.